The second-order valence-electron chi connectivity index (χ2n) is 10.4. The molecule has 0 saturated carbocycles. The molecule has 0 aliphatic rings. The first-order chi connectivity index (χ1) is 17.3. The lowest BCUT2D eigenvalue weighted by atomic mass is 10.1. The van der Waals surface area contributed by atoms with Crippen LogP contribution in [0.2, 0.25) is 0 Å². The quantitative estimate of drug-likeness (QED) is 0.406. The lowest BCUT2D eigenvalue weighted by Crippen LogP contribution is -2.49. The third-order valence-electron chi connectivity index (χ3n) is 6.19. The van der Waals surface area contributed by atoms with E-state index in [-0.39, 0.29) is 24.8 Å². The Morgan fingerprint density at radius 1 is 0.946 bits per heavy atom. The molecule has 0 spiro atoms. The van der Waals surface area contributed by atoms with Gasteiger partial charge in [-0.1, -0.05) is 56.7 Å². The molecule has 37 heavy (non-hydrogen) atoms. The molecule has 0 saturated heterocycles. The highest BCUT2D eigenvalue weighted by Crippen LogP contribution is 2.22. The average molecular weight is 530 g/mol. The van der Waals surface area contributed by atoms with Gasteiger partial charge in [0.2, 0.25) is 21.8 Å². The molecule has 0 radical (unpaired) electrons. The van der Waals surface area contributed by atoms with Gasteiger partial charge in [0.15, 0.2) is 0 Å². The largest absolute Gasteiger partial charge is 0.354 e. The van der Waals surface area contributed by atoms with Crippen LogP contribution in [-0.4, -0.2) is 50.5 Å². The molecule has 2 amide bonds. The first kappa shape index (κ1) is 30.4. The number of benzene rings is 2. The lowest BCUT2D eigenvalue weighted by molar-refractivity contribution is -0.141. The number of sulfonamides is 1. The van der Waals surface area contributed by atoms with Crippen molar-refractivity contribution in [2.24, 2.45) is 5.92 Å². The van der Waals surface area contributed by atoms with Crippen molar-refractivity contribution < 1.29 is 18.0 Å². The highest BCUT2D eigenvalue weighted by Gasteiger charge is 2.29. The SMILES string of the molecule is CC[C@H](C(=O)NCC(C)C)N(Cc1ccc(C)cc1)C(=O)CCCN(c1cc(C)cc(C)c1)S(C)(=O)=O. The van der Waals surface area contributed by atoms with Gasteiger partial charge in [0, 0.05) is 26.1 Å². The summed E-state index contributed by atoms with van der Waals surface area (Å²) in [5.41, 5.74) is 4.62. The van der Waals surface area contributed by atoms with Gasteiger partial charge in [-0.2, -0.15) is 0 Å². The molecular weight excluding hydrogens is 486 g/mol. The van der Waals surface area contributed by atoms with Crippen molar-refractivity contribution in [3.05, 3.63) is 64.7 Å². The first-order valence-electron chi connectivity index (χ1n) is 13.0. The smallest absolute Gasteiger partial charge is 0.242 e. The summed E-state index contributed by atoms with van der Waals surface area (Å²) in [6.45, 7) is 12.9. The highest BCUT2D eigenvalue weighted by molar-refractivity contribution is 7.92. The third kappa shape index (κ3) is 9.50. The molecule has 1 N–H and O–H groups in total. The van der Waals surface area contributed by atoms with Gasteiger partial charge >= 0.3 is 0 Å². The maximum Gasteiger partial charge on any atom is 0.242 e. The monoisotopic (exact) mass is 529 g/mol. The van der Waals surface area contributed by atoms with E-state index in [2.05, 4.69) is 5.32 Å². The van der Waals surface area contributed by atoms with E-state index in [1.807, 2.05) is 84.0 Å². The number of amides is 2. The minimum Gasteiger partial charge on any atom is -0.354 e. The van der Waals surface area contributed by atoms with Gasteiger partial charge in [-0.15, -0.1) is 0 Å². The molecule has 8 heteroatoms. The summed E-state index contributed by atoms with van der Waals surface area (Å²) in [4.78, 5) is 28.2. The Morgan fingerprint density at radius 3 is 2.05 bits per heavy atom. The van der Waals surface area contributed by atoms with E-state index in [1.54, 1.807) is 4.90 Å². The van der Waals surface area contributed by atoms with Gasteiger partial charge in [0.05, 0.1) is 11.9 Å². The molecule has 0 aliphatic carbocycles. The lowest BCUT2D eigenvalue weighted by Gasteiger charge is -2.31. The number of carbonyl (C=O) groups is 2. The molecule has 0 aromatic heterocycles. The van der Waals surface area contributed by atoms with Gasteiger partial charge in [-0.05, 0) is 68.4 Å². The number of hydrogen-bond donors (Lipinski definition) is 1. The fraction of sp³-hybridized carbons (Fsp3) is 0.517. The van der Waals surface area contributed by atoms with Crippen LogP contribution >= 0.6 is 0 Å². The van der Waals surface area contributed by atoms with Gasteiger partial charge < -0.3 is 10.2 Å². The third-order valence-corrected chi connectivity index (χ3v) is 7.38. The second kappa shape index (κ2) is 13.6. The molecular formula is C29H43N3O4S. The number of rotatable bonds is 13. The van der Waals surface area contributed by atoms with Crippen LogP contribution in [0, 0.1) is 26.7 Å². The summed E-state index contributed by atoms with van der Waals surface area (Å²) in [6.07, 6.45) is 2.14. The van der Waals surface area contributed by atoms with E-state index >= 15 is 0 Å². The van der Waals surface area contributed by atoms with Gasteiger partial charge in [-0.25, -0.2) is 8.42 Å². The molecule has 7 nitrogen and oxygen atoms in total. The molecule has 0 fully saturated rings. The highest BCUT2D eigenvalue weighted by atomic mass is 32.2. The van der Waals surface area contributed by atoms with Crippen molar-refractivity contribution in [1.82, 2.24) is 10.2 Å². The van der Waals surface area contributed by atoms with E-state index in [1.165, 1.54) is 10.6 Å². The maximum absolute atomic E-state index is 13.5. The predicted octanol–water partition coefficient (Wildman–Crippen LogP) is 4.74. The average Bonchev–Trinajstić information content (AvgIpc) is 2.79. The standard InChI is InChI=1S/C29H43N3O4S/c1-8-27(29(34)30-19-21(2)3)31(20-25-13-11-22(4)12-14-25)28(33)10-9-15-32(37(7,35)36)26-17-23(5)16-24(6)18-26/h11-14,16-18,21,27H,8-10,15,19-20H2,1-7H3,(H,30,34)/t27-/m1/s1. The van der Waals surface area contributed by atoms with Crippen LogP contribution in [0.25, 0.3) is 0 Å². The van der Waals surface area contributed by atoms with Crippen LogP contribution in [0.4, 0.5) is 5.69 Å². The molecule has 2 rings (SSSR count). The Balaban J connectivity index is 2.22. The summed E-state index contributed by atoms with van der Waals surface area (Å²) >= 11 is 0. The van der Waals surface area contributed by atoms with E-state index in [9.17, 15) is 18.0 Å². The summed E-state index contributed by atoms with van der Waals surface area (Å²) in [5, 5.41) is 2.97. The van der Waals surface area contributed by atoms with E-state index in [4.69, 9.17) is 0 Å². The zero-order valence-corrected chi connectivity index (χ0v) is 24.2. The van der Waals surface area contributed by atoms with Gasteiger partial charge in [0.25, 0.3) is 0 Å². The summed E-state index contributed by atoms with van der Waals surface area (Å²) < 4.78 is 26.5. The van der Waals surface area contributed by atoms with Crippen molar-refractivity contribution in [2.75, 3.05) is 23.7 Å². The van der Waals surface area contributed by atoms with E-state index in [0.717, 1.165) is 22.3 Å². The summed E-state index contributed by atoms with van der Waals surface area (Å²) in [6, 6.07) is 13.0. The molecule has 2 aromatic rings. The van der Waals surface area contributed by atoms with Gasteiger partial charge in [-0.3, -0.25) is 13.9 Å². The predicted molar refractivity (Wildman–Crippen MR) is 151 cm³/mol. The minimum absolute atomic E-state index is 0.136. The summed E-state index contributed by atoms with van der Waals surface area (Å²) in [7, 11) is -3.53. The second-order valence-corrected chi connectivity index (χ2v) is 12.3. The van der Waals surface area contributed by atoms with Crippen LogP contribution in [0.5, 0.6) is 0 Å². The molecule has 1 atom stereocenters. The van der Waals surface area contributed by atoms with Crippen molar-refractivity contribution >= 4 is 27.5 Å². The van der Waals surface area contributed by atoms with E-state index in [0.29, 0.717) is 37.5 Å². The van der Waals surface area contributed by atoms with Crippen molar-refractivity contribution in [2.45, 2.75) is 73.4 Å². The number of hydrogen-bond acceptors (Lipinski definition) is 4. The normalized spacial score (nSPS) is 12.3. The van der Waals surface area contributed by atoms with Gasteiger partial charge in [0.1, 0.15) is 6.04 Å². The molecule has 2 aromatic carbocycles. The Kier molecular flexibility index (Phi) is 11.2. The molecule has 0 heterocycles. The Hall–Kier alpha value is -2.87. The number of anilines is 1. The van der Waals surface area contributed by atoms with Crippen LogP contribution < -0.4 is 9.62 Å². The first-order valence-corrected chi connectivity index (χ1v) is 14.8. The Morgan fingerprint density at radius 2 is 1.54 bits per heavy atom. The maximum atomic E-state index is 13.5. The zero-order chi connectivity index (χ0) is 27.8. The van der Waals surface area contributed by atoms with Crippen molar-refractivity contribution in [3.8, 4) is 0 Å². The van der Waals surface area contributed by atoms with Crippen molar-refractivity contribution in [1.29, 1.82) is 0 Å². The number of carbonyl (C=O) groups excluding carboxylic acids is 2. The fourth-order valence-electron chi connectivity index (χ4n) is 4.33. The van der Waals surface area contributed by atoms with Crippen LogP contribution in [0.15, 0.2) is 42.5 Å². The summed E-state index contributed by atoms with van der Waals surface area (Å²) in [5.74, 6) is -0.0272. The Labute approximate surface area is 223 Å². The molecule has 0 bridgehead atoms. The number of aryl methyl sites for hydroxylation is 3. The van der Waals surface area contributed by atoms with Crippen LogP contribution in [0.1, 0.15) is 62.3 Å². The van der Waals surface area contributed by atoms with Crippen LogP contribution in [0.3, 0.4) is 0 Å². The fourth-order valence-corrected chi connectivity index (χ4v) is 5.28. The number of nitrogens with zero attached hydrogens (tertiary/aromatic N) is 2. The Bertz CT molecular complexity index is 1140. The minimum atomic E-state index is -3.53. The molecule has 0 unspecified atom stereocenters. The number of nitrogens with one attached hydrogen (secondary N) is 1. The van der Waals surface area contributed by atoms with E-state index < -0.39 is 16.1 Å². The topological polar surface area (TPSA) is 86.8 Å². The van der Waals surface area contributed by atoms with Crippen molar-refractivity contribution in [3.63, 3.8) is 0 Å². The van der Waals surface area contributed by atoms with Crippen LogP contribution in [-0.2, 0) is 26.2 Å². The molecule has 204 valence electrons. The molecule has 0 aliphatic heterocycles. The zero-order valence-electron chi connectivity index (χ0n) is 23.4.